The van der Waals surface area contributed by atoms with Crippen molar-refractivity contribution >= 4 is 17.6 Å². The van der Waals surface area contributed by atoms with Crippen LogP contribution in [0.2, 0.25) is 0 Å². The largest absolute Gasteiger partial charge is 0.329 e. The van der Waals surface area contributed by atoms with Crippen LogP contribution in [0.3, 0.4) is 0 Å². The average molecular weight is 342 g/mol. The zero-order valence-electron chi connectivity index (χ0n) is 14.0. The first-order valence-corrected chi connectivity index (χ1v) is 8.87. The summed E-state index contributed by atoms with van der Waals surface area (Å²) in [6.07, 6.45) is 5.13. The van der Waals surface area contributed by atoms with Crippen LogP contribution < -0.4 is 5.73 Å². The Bertz CT molecular complexity index is 704. The molecule has 1 aromatic rings. The second-order valence-electron chi connectivity index (χ2n) is 7.23. The predicted octanol–water partition coefficient (Wildman–Crippen LogP) is 0.203. The van der Waals surface area contributed by atoms with Gasteiger partial charge < -0.3 is 15.5 Å². The second-order valence-corrected chi connectivity index (χ2v) is 7.23. The fourth-order valence-corrected chi connectivity index (χ4v) is 4.00. The predicted molar refractivity (Wildman–Crippen MR) is 89.5 cm³/mol. The van der Waals surface area contributed by atoms with Crippen molar-refractivity contribution in [3.63, 3.8) is 0 Å². The van der Waals surface area contributed by atoms with Gasteiger partial charge in [0.15, 0.2) is 5.78 Å². The van der Waals surface area contributed by atoms with Crippen LogP contribution >= 0.6 is 0 Å². The van der Waals surface area contributed by atoms with Crippen LogP contribution in [-0.4, -0.2) is 63.6 Å². The number of Topliss-reactive ketones (excluding diaryl/α,β-unsaturated/α-hetero) is 1. The fourth-order valence-electron chi connectivity index (χ4n) is 4.00. The molecule has 1 saturated carbocycles. The third-order valence-corrected chi connectivity index (χ3v) is 5.45. The number of aromatic nitrogens is 1. The molecule has 3 heterocycles. The van der Waals surface area contributed by atoms with Gasteiger partial charge in [-0.05, 0) is 30.9 Å². The number of hydrogen-bond acceptors (Lipinski definition) is 5. The van der Waals surface area contributed by atoms with Crippen molar-refractivity contribution in [1.82, 2.24) is 14.8 Å². The highest BCUT2D eigenvalue weighted by atomic mass is 16.2. The van der Waals surface area contributed by atoms with Gasteiger partial charge in [-0.3, -0.25) is 19.4 Å². The Kier molecular flexibility index (Phi) is 4.03. The average Bonchev–Trinajstić information content (AvgIpc) is 3.23. The highest BCUT2D eigenvalue weighted by Gasteiger charge is 2.52. The van der Waals surface area contributed by atoms with E-state index < -0.39 is 12.1 Å². The van der Waals surface area contributed by atoms with Crippen LogP contribution in [0, 0.1) is 5.92 Å². The Labute approximate surface area is 146 Å². The molecular formula is C18H22N4O3. The van der Waals surface area contributed by atoms with E-state index in [4.69, 9.17) is 5.73 Å². The summed E-state index contributed by atoms with van der Waals surface area (Å²) < 4.78 is 0. The number of amides is 2. The maximum atomic E-state index is 12.7. The number of ketones is 1. The Morgan fingerprint density at radius 3 is 2.72 bits per heavy atom. The van der Waals surface area contributed by atoms with Crippen LogP contribution in [0.25, 0.3) is 0 Å². The smallest absolute Gasteiger partial charge is 0.273 e. The van der Waals surface area contributed by atoms with E-state index >= 15 is 0 Å². The molecule has 2 saturated heterocycles. The van der Waals surface area contributed by atoms with Crippen LogP contribution in [0.15, 0.2) is 24.4 Å². The van der Waals surface area contributed by atoms with E-state index in [0.717, 1.165) is 12.8 Å². The van der Waals surface area contributed by atoms with Gasteiger partial charge in [0.2, 0.25) is 5.91 Å². The first-order valence-electron chi connectivity index (χ1n) is 8.87. The molecule has 25 heavy (non-hydrogen) atoms. The quantitative estimate of drug-likeness (QED) is 0.843. The summed E-state index contributed by atoms with van der Waals surface area (Å²) in [5.74, 6) is 0.0653. The van der Waals surface area contributed by atoms with Gasteiger partial charge in [-0.25, -0.2) is 0 Å². The highest BCUT2D eigenvalue weighted by Crippen LogP contribution is 2.35. The summed E-state index contributed by atoms with van der Waals surface area (Å²) in [5.41, 5.74) is 6.38. The van der Waals surface area contributed by atoms with Gasteiger partial charge in [-0.1, -0.05) is 18.9 Å². The minimum atomic E-state index is -0.551. The van der Waals surface area contributed by atoms with Crippen molar-refractivity contribution in [2.45, 2.75) is 43.8 Å². The van der Waals surface area contributed by atoms with Gasteiger partial charge in [-0.2, -0.15) is 0 Å². The summed E-state index contributed by atoms with van der Waals surface area (Å²) >= 11 is 0. The normalized spacial score (nSPS) is 26.7. The van der Waals surface area contributed by atoms with E-state index in [1.807, 2.05) is 0 Å². The number of nitrogens with zero attached hydrogens (tertiary/aromatic N) is 3. The van der Waals surface area contributed by atoms with Gasteiger partial charge >= 0.3 is 0 Å². The topological polar surface area (TPSA) is 96.6 Å². The molecule has 3 fully saturated rings. The van der Waals surface area contributed by atoms with Gasteiger partial charge in [0, 0.05) is 12.7 Å². The number of likely N-dealkylation sites (tertiary alicyclic amines) is 2. The van der Waals surface area contributed by atoms with Crippen LogP contribution in [0.1, 0.15) is 36.2 Å². The van der Waals surface area contributed by atoms with Gasteiger partial charge in [0.05, 0.1) is 18.6 Å². The number of nitrogens with two attached hydrogens (primary N) is 1. The SMILES string of the molecule is NC(CC1CC1)C(=O)N1CCC2C1C(=O)CN2C(=O)c1ccccn1. The standard InChI is InChI=1S/C18H22N4O3/c19-12(9-11-4-5-11)17(24)21-8-6-14-16(21)15(23)10-22(14)18(25)13-3-1-2-7-20-13/h1-3,7,11-12,14,16H,4-6,8-10,19H2. The first kappa shape index (κ1) is 16.2. The fraction of sp³-hybridized carbons (Fsp3) is 0.556. The van der Waals surface area contributed by atoms with Gasteiger partial charge in [-0.15, -0.1) is 0 Å². The third kappa shape index (κ3) is 2.93. The number of pyridine rings is 1. The minimum absolute atomic E-state index is 0.0341. The van der Waals surface area contributed by atoms with E-state index in [1.165, 1.54) is 0 Å². The molecule has 3 unspecified atom stereocenters. The van der Waals surface area contributed by atoms with Crippen LogP contribution in [-0.2, 0) is 9.59 Å². The number of fused-ring (bicyclic) bond motifs is 1. The summed E-state index contributed by atoms with van der Waals surface area (Å²) in [5, 5.41) is 0. The number of carbonyl (C=O) groups is 3. The maximum Gasteiger partial charge on any atom is 0.273 e. The molecular weight excluding hydrogens is 320 g/mol. The number of rotatable bonds is 4. The van der Waals surface area contributed by atoms with Crippen LogP contribution in [0.4, 0.5) is 0 Å². The van der Waals surface area contributed by atoms with E-state index in [-0.39, 0.29) is 30.2 Å². The maximum absolute atomic E-state index is 12.7. The molecule has 1 aromatic heterocycles. The van der Waals surface area contributed by atoms with Crippen molar-refractivity contribution in [1.29, 1.82) is 0 Å². The van der Waals surface area contributed by atoms with Crippen molar-refractivity contribution in [2.75, 3.05) is 13.1 Å². The molecule has 7 heteroatoms. The molecule has 0 spiro atoms. The molecule has 3 atom stereocenters. The second kappa shape index (κ2) is 6.22. The van der Waals surface area contributed by atoms with Crippen molar-refractivity contribution in [2.24, 2.45) is 11.7 Å². The van der Waals surface area contributed by atoms with Crippen LogP contribution in [0.5, 0.6) is 0 Å². The Morgan fingerprint density at radius 1 is 1.24 bits per heavy atom. The zero-order valence-corrected chi connectivity index (χ0v) is 14.0. The molecule has 2 amide bonds. The Balaban J connectivity index is 1.49. The summed E-state index contributed by atoms with van der Waals surface area (Å²) in [6, 6.07) is 3.77. The monoisotopic (exact) mass is 342 g/mol. The Morgan fingerprint density at radius 2 is 2.04 bits per heavy atom. The van der Waals surface area contributed by atoms with E-state index in [1.54, 1.807) is 34.2 Å². The first-order chi connectivity index (χ1) is 12.1. The molecule has 2 aliphatic heterocycles. The molecule has 4 rings (SSSR count). The minimum Gasteiger partial charge on any atom is -0.329 e. The highest BCUT2D eigenvalue weighted by molar-refractivity contribution is 6.01. The molecule has 0 aromatic carbocycles. The van der Waals surface area contributed by atoms with Crippen molar-refractivity contribution < 1.29 is 14.4 Å². The Hall–Kier alpha value is -2.28. The summed E-state index contributed by atoms with van der Waals surface area (Å²) in [6.45, 7) is 0.511. The van der Waals surface area contributed by atoms with Gasteiger partial charge in [0.25, 0.3) is 5.91 Å². The molecule has 0 radical (unpaired) electrons. The summed E-state index contributed by atoms with van der Waals surface area (Å²) in [7, 11) is 0. The molecule has 7 nitrogen and oxygen atoms in total. The summed E-state index contributed by atoms with van der Waals surface area (Å²) in [4.78, 5) is 45.1. The number of hydrogen-bond donors (Lipinski definition) is 1. The lowest BCUT2D eigenvalue weighted by Gasteiger charge is -2.26. The molecule has 132 valence electrons. The zero-order chi connectivity index (χ0) is 17.6. The van der Waals surface area contributed by atoms with Gasteiger partial charge in [0.1, 0.15) is 11.7 Å². The third-order valence-electron chi connectivity index (χ3n) is 5.45. The lowest BCUT2D eigenvalue weighted by atomic mass is 10.1. The lowest BCUT2D eigenvalue weighted by molar-refractivity contribution is -0.137. The number of carbonyl (C=O) groups excluding carboxylic acids is 3. The molecule has 2 N–H and O–H groups in total. The van der Waals surface area contributed by atoms with Crippen molar-refractivity contribution in [3.05, 3.63) is 30.1 Å². The molecule has 1 aliphatic carbocycles. The lowest BCUT2D eigenvalue weighted by Crippen LogP contribution is -2.50. The van der Waals surface area contributed by atoms with E-state index in [2.05, 4.69) is 4.98 Å². The van der Waals surface area contributed by atoms with E-state index in [0.29, 0.717) is 31.0 Å². The van der Waals surface area contributed by atoms with E-state index in [9.17, 15) is 14.4 Å². The molecule has 3 aliphatic rings. The van der Waals surface area contributed by atoms with Crippen molar-refractivity contribution in [3.8, 4) is 0 Å². The molecule has 0 bridgehead atoms.